The normalized spacial score (nSPS) is 15.9. The number of hydrogen-bond acceptors (Lipinski definition) is 6. The van der Waals surface area contributed by atoms with Crippen LogP contribution in [0.25, 0.3) is 0 Å². The Bertz CT molecular complexity index is 643. The third-order valence-corrected chi connectivity index (χ3v) is 5.52. The number of likely N-dealkylation sites (N-methyl/N-ethyl adjacent to an activating group) is 1. The van der Waals surface area contributed by atoms with Gasteiger partial charge in [-0.1, -0.05) is 19.3 Å². The van der Waals surface area contributed by atoms with Gasteiger partial charge in [-0.25, -0.2) is 0 Å². The fourth-order valence-corrected chi connectivity index (χ4v) is 3.70. The molecular weight excluding hydrogens is 356 g/mol. The zero-order chi connectivity index (χ0) is 19.1. The molecule has 0 bridgehead atoms. The van der Waals surface area contributed by atoms with E-state index in [1.807, 2.05) is 0 Å². The number of benzene rings is 1. The topological polar surface area (TPSA) is 89.7 Å². The minimum Gasteiger partial charge on any atom is -0.452 e. The first-order chi connectivity index (χ1) is 12.4. The van der Waals surface area contributed by atoms with E-state index in [1.54, 1.807) is 31.0 Å². The first-order valence-corrected chi connectivity index (χ1v) is 9.70. The Labute approximate surface area is 157 Å². The van der Waals surface area contributed by atoms with Crippen LogP contribution in [0.2, 0.25) is 0 Å². The number of carbonyl (C=O) groups excluding carboxylic acids is 2. The standard InChI is InChI=1S/C18H24N2O5S/c1-13(18(22)19(2)14-6-4-3-5-7-14)25-17(21)12-26-16-10-8-15(9-11-16)20(23)24/h8-11,13-14H,3-7,12H2,1-2H3. The van der Waals surface area contributed by atoms with Crippen molar-refractivity contribution in [2.24, 2.45) is 0 Å². The second-order valence-electron chi connectivity index (χ2n) is 6.41. The number of hydrogen-bond donors (Lipinski definition) is 0. The highest BCUT2D eigenvalue weighted by Gasteiger charge is 2.27. The summed E-state index contributed by atoms with van der Waals surface area (Å²) in [4.78, 5) is 37.0. The Morgan fingerprint density at radius 3 is 2.46 bits per heavy atom. The fourth-order valence-electron chi connectivity index (χ4n) is 3.02. The highest BCUT2D eigenvalue weighted by molar-refractivity contribution is 8.00. The molecule has 0 spiro atoms. The number of amides is 1. The maximum Gasteiger partial charge on any atom is 0.317 e. The van der Waals surface area contributed by atoms with Crippen LogP contribution >= 0.6 is 11.8 Å². The summed E-state index contributed by atoms with van der Waals surface area (Å²) < 4.78 is 5.25. The van der Waals surface area contributed by atoms with Crippen LogP contribution < -0.4 is 0 Å². The van der Waals surface area contributed by atoms with E-state index >= 15 is 0 Å². The third kappa shape index (κ3) is 5.72. The molecule has 1 aromatic carbocycles. The van der Waals surface area contributed by atoms with Crippen molar-refractivity contribution in [1.82, 2.24) is 4.90 Å². The smallest absolute Gasteiger partial charge is 0.317 e. The lowest BCUT2D eigenvalue weighted by Gasteiger charge is -2.32. The Kier molecular flexibility index (Phi) is 7.44. The molecule has 1 aromatic rings. The van der Waals surface area contributed by atoms with Gasteiger partial charge in [0.25, 0.3) is 11.6 Å². The summed E-state index contributed by atoms with van der Waals surface area (Å²) in [5.41, 5.74) is 0.00175. The predicted molar refractivity (Wildman–Crippen MR) is 99.0 cm³/mol. The SMILES string of the molecule is CC(OC(=O)CSc1ccc([N+](=O)[O-])cc1)C(=O)N(C)C1CCCCC1. The van der Waals surface area contributed by atoms with E-state index in [0.29, 0.717) is 0 Å². The zero-order valence-electron chi connectivity index (χ0n) is 15.1. The second-order valence-corrected chi connectivity index (χ2v) is 7.46. The molecule has 142 valence electrons. The number of nitro benzene ring substituents is 1. The van der Waals surface area contributed by atoms with Gasteiger partial charge in [0, 0.05) is 30.1 Å². The van der Waals surface area contributed by atoms with Gasteiger partial charge in [-0.2, -0.15) is 0 Å². The molecule has 1 aliphatic carbocycles. The predicted octanol–water partition coefficient (Wildman–Crippen LogP) is 3.41. The molecule has 1 unspecified atom stereocenters. The van der Waals surface area contributed by atoms with E-state index in [4.69, 9.17) is 4.74 Å². The van der Waals surface area contributed by atoms with Gasteiger partial charge in [0.1, 0.15) is 0 Å². The van der Waals surface area contributed by atoms with E-state index in [-0.39, 0.29) is 23.4 Å². The number of rotatable bonds is 7. The molecule has 1 amide bonds. The van der Waals surface area contributed by atoms with Crippen molar-refractivity contribution in [3.8, 4) is 0 Å². The zero-order valence-corrected chi connectivity index (χ0v) is 15.9. The molecule has 1 fully saturated rings. The molecular formula is C18H24N2O5S. The van der Waals surface area contributed by atoms with Gasteiger partial charge in [-0.3, -0.25) is 19.7 Å². The lowest BCUT2D eigenvalue weighted by molar-refractivity contribution is -0.384. The Balaban J connectivity index is 1.78. The molecule has 0 N–H and O–H groups in total. The Morgan fingerprint density at radius 2 is 1.88 bits per heavy atom. The lowest BCUT2D eigenvalue weighted by Crippen LogP contribution is -2.44. The summed E-state index contributed by atoms with van der Waals surface area (Å²) in [5.74, 6) is -0.611. The average Bonchev–Trinajstić information content (AvgIpc) is 2.66. The molecule has 1 atom stereocenters. The highest BCUT2D eigenvalue weighted by Crippen LogP contribution is 2.23. The van der Waals surface area contributed by atoms with E-state index in [2.05, 4.69) is 0 Å². The molecule has 0 saturated heterocycles. The van der Waals surface area contributed by atoms with E-state index in [1.165, 1.54) is 30.3 Å². The summed E-state index contributed by atoms with van der Waals surface area (Å²) in [6, 6.07) is 6.17. The number of ether oxygens (including phenoxy) is 1. The van der Waals surface area contributed by atoms with Crippen LogP contribution in [0.4, 0.5) is 5.69 Å². The maximum atomic E-state index is 12.4. The van der Waals surface area contributed by atoms with Crippen molar-refractivity contribution in [3.05, 3.63) is 34.4 Å². The monoisotopic (exact) mass is 380 g/mol. The number of nitrogens with zero attached hydrogens (tertiary/aromatic N) is 2. The van der Waals surface area contributed by atoms with Crippen molar-refractivity contribution in [3.63, 3.8) is 0 Å². The largest absolute Gasteiger partial charge is 0.452 e. The van der Waals surface area contributed by atoms with Gasteiger partial charge >= 0.3 is 5.97 Å². The summed E-state index contributed by atoms with van der Waals surface area (Å²) >= 11 is 1.22. The number of non-ortho nitro benzene ring substituents is 1. The van der Waals surface area contributed by atoms with Crippen molar-refractivity contribution in [1.29, 1.82) is 0 Å². The van der Waals surface area contributed by atoms with Crippen LogP contribution in [0.5, 0.6) is 0 Å². The molecule has 1 saturated carbocycles. The highest BCUT2D eigenvalue weighted by atomic mass is 32.2. The number of carbonyl (C=O) groups is 2. The molecule has 0 aromatic heterocycles. The Morgan fingerprint density at radius 1 is 1.27 bits per heavy atom. The van der Waals surface area contributed by atoms with E-state index in [0.717, 1.165) is 30.6 Å². The fraction of sp³-hybridized carbons (Fsp3) is 0.556. The number of esters is 1. The number of nitro groups is 1. The van der Waals surface area contributed by atoms with Crippen LogP contribution in [0, 0.1) is 10.1 Å². The first-order valence-electron chi connectivity index (χ1n) is 8.72. The third-order valence-electron chi connectivity index (χ3n) is 4.53. The average molecular weight is 380 g/mol. The molecule has 26 heavy (non-hydrogen) atoms. The van der Waals surface area contributed by atoms with E-state index < -0.39 is 17.0 Å². The van der Waals surface area contributed by atoms with Gasteiger partial charge in [0.2, 0.25) is 0 Å². The van der Waals surface area contributed by atoms with Crippen molar-refractivity contribution in [2.75, 3.05) is 12.8 Å². The molecule has 7 nitrogen and oxygen atoms in total. The van der Waals surface area contributed by atoms with Gasteiger partial charge in [0.15, 0.2) is 6.10 Å². The van der Waals surface area contributed by atoms with Crippen LogP contribution in [0.3, 0.4) is 0 Å². The summed E-state index contributed by atoms with van der Waals surface area (Å²) in [7, 11) is 1.77. The van der Waals surface area contributed by atoms with Crippen LogP contribution in [0.1, 0.15) is 39.0 Å². The lowest BCUT2D eigenvalue weighted by atomic mass is 9.94. The van der Waals surface area contributed by atoms with Gasteiger partial charge in [0.05, 0.1) is 10.7 Å². The summed E-state index contributed by atoms with van der Waals surface area (Å²) in [6.07, 6.45) is 4.65. The quantitative estimate of drug-likeness (QED) is 0.312. The first kappa shape index (κ1) is 20.2. The Hall–Kier alpha value is -2.09. The van der Waals surface area contributed by atoms with Crippen molar-refractivity contribution in [2.45, 2.75) is 56.1 Å². The van der Waals surface area contributed by atoms with Gasteiger partial charge in [-0.15, -0.1) is 11.8 Å². The van der Waals surface area contributed by atoms with Gasteiger partial charge < -0.3 is 9.64 Å². The molecule has 8 heteroatoms. The number of thioether (sulfide) groups is 1. The summed E-state index contributed by atoms with van der Waals surface area (Å²) in [5, 5.41) is 10.6. The minimum atomic E-state index is -0.813. The van der Waals surface area contributed by atoms with Crippen LogP contribution in [-0.4, -0.2) is 46.6 Å². The van der Waals surface area contributed by atoms with Crippen molar-refractivity contribution >= 4 is 29.3 Å². The molecule has 0 aliphatic heterocycles. The van der Waals surface area contributed by atoms with Gasteiger partial charge in [-0.05, 0) is 31.9 Å². The minimum absolute atomic E-state index is 0.00175. The van der Waals surface area contributed by atoms with Crippen LogP contribution in [-0.2, 0) is 14.3 Å². The molecule has 0 radical (unpaired) electrons. The van der Waals surface area contributed by atoms with E-state index in [9.17, 15) is 19.7 Å². The van der Waals surface area contributed by atoms with Crippen molar-refractivity contribution < 1.29 is 19.2 Å². The molecule has 0 heterocycles. The maximum absolute atomic E-state index is 12.4. The second kappa shape index (κ2) is 9.56. The molecule has 2 rings (SSSR count). The molecule has 1 aliphatic rings. The summed E-state index contributed by atoms with van der Waals surface area (Å²) in [6.45, 7) is 1.59. The van der Waals surface area contributed by atoms with Crippen LogP contribution in [0.15, 0.2) is 29.2 Å².